The Bertz CT molecular complexity index is 1560. The molecule has 0 radical (unpaired) electrons. The van der Waals surface area contributed by atoms with E-state index in [-0.39, 0.29) is 18.7 Å². The normalized spacial score (nSPS) is 22.1. The Labute approximate surface area is 275 Å². The summed E-state index contributed by atoms with van der Waals surface area (Å²) in [5.41, 5.74) is -2.21. The van der Waals surface area contributed by atoms with Gasteiger partial charge in [0.15, 0.2) is 0 Å². The molecule has 3 fully saturated rings. The second-order valence-electron chi connectivity index (χ2n) is 13.1. The monoisotopic (exact) mass is 673 g/mol. The van der Waals surface area contributed by atoms with Crippen molar-refractivity contribution < 1.29 is 40.7 Å². The molecule has 3 aliphatic rings. The Kier molecular flexibility index (Phi) is 9.48. The van der Waals surface area contributed by atoms with Gasteiger partial charge in [0.25, 0.3) is 5.91 Å². The number of amides is 2. The first kappa shape index (κ1) is 33.8. The van der Waals surface area contributed by atoms with Crippen LogP contribution in [0.4, 0.5) is 31.1 Å². The minimum atomic E-state index is -5.07. The lowest BCUT2D eigenvalue weighted by molar-refractivity contribution is -0.143. The van der Waals surface area contributed by atoms with Crippen LogP contribution in [0.2, 0.25) is 0 Å². The Hall–Kier alpha value is -4.06. The standard InChI is InChI=1S/C36H37F6N3O3/c37-35(38,39)28-20-27(21-29(22-28)36(40,41)42)32(46)44-15-11-30(23-31(44)19-25-7-3-1-4-8-25)45-18-14-34(48-33(45)47)12-16-43(17-13-34)24-26-9-5-2-6-10-26/h1-10,20-22,30-31H,11-19,23-24H2. The van der Waals surface area contributed by atoms with E-state index in [1.54, 1.807) is 4.90 Å². The van der Waals surface area contributed by atoms with Crippen molar-refractivity contribution in [1.29, 1.82) is 0 Å². The number of likely N-dealkylation sites (tertiary alicyclic amines) is 2. The Morgan fingerprint density at radius 1 is 0.771 bits per heavy atom. The fourth-order valence-electron chi connectivity index (χ4n) is 7.26. The average Bonchev–Trinajstić information content (AvgIpc) is 3.06. The molecule has 3 aromatic rings. The summed E-state index contributed by atoms with van der Waals surface area (Å²) in [6.45, 7) is 2.95. The predicted octanol–water partition coefficient (Wildman–Crippen LogP) is 7.82. The number of benzene rings is 3. The summed E-state index contributed by atoms with van der Waals surface area (Å²) in [6, 6.07) is 19.4. The van der Waals surface area contributed by atoms with Gasteiger partial charge < -0.3 is 14.5 Å². The van der Waals surface area contributed by atoms with Crippen LogP contribution in [0.1, 0.15) is 64.7 Å². The molecular weight excluding hydrogens is 636 g/mol. The van der Waals surface area contributed by atoms with Gasteiger partial charge in [-0.25, -0.2) is 4.79 Å². The topological polar surface area (TPSA) is 53.1 Å². The van der Waals surface area contributed by atoms with Gasteiger partial charge in [-0.05, 0) is 48.6 Å². The lowest BCUT2D eigenvalue weighted by atomic mass is 9.85. The van der Waals surface area contributed by atoms with E-state index in [4.69, 9.17) is 4.74 Å². The summed E-state index contributed by atoms with van der Waals surface area (Å²) < 4.78 is 87.7. The minimum absolute atomic E-state index is 0.0202. The first-order chi connectivity index (χ1) is 22.8. The largest absolute Gasteiger partial charge is 0.443 e. The van der Waals surface area contributed by atoms with Crippen LogP contribution >= 0.6 is 0 Å². The van der Waals surface area contributed by atoms with E-state index in [1.165, 1.54) is 10.5 Å². The van der Waals surface area contributed by atoms with Crippen LogP contribution in [-0.2, 0) is 30.1 Å². The molecule has 1 spiro atoms. The van der Waals surface area contributed by atoms with Crippen LogP contribution in [-0.4, -0.2) is 70.6 Å². The second kappa shape index (κ2) is 13.4. The molecule has 0 aliphatic carbocycles. The van der Waals surface area contributed by atoms with Crippen molar-refractivity contribution in [1.82, 2.24) is 14.7 Å². The highest BCUT2D eigenvalue weighted by molar-refractivity contribution is 5.95. The lowest BCUT2D eigenvalue weighted by Crippen LogP contribution is -2.59. The highest BCUT2D eigenvalue weighted by Gasteiger charge is 2.46. The van der Waals surface area contributed by atoms with Crippen LogP contribution in [0.5, 0.6) is 0 Å². The molecule has 0 aromatic heterocycles. The zero-order valence-electron chi connectivity index (χ0n) is 26.3. The molecule has 3 aliphatic heterocycles. The van der Waals surface area contributed by atoms with Gasteiger partial charge in [0.1, 0.15) is 5.60 Å². The predicted molar refractivity (Wildman–Crippen MR) is 166 cm³/mol. The van der Waals surface area contributed by atoms with E-state index in [0.29, 0.717) is 44.4 Å². The molecule has 6 rings (SSSR count). The minimum Gasteiger partial charge on any atom is -0.443 e. The van der Waals surface area contributed by atoms with E-state index in [1.807, 2.05) is 48.5 Å². The zero-order valence-corrected chi connectivity index (χ0v) is 26.3. The van der Waals surface area contributed by atoms with Crippen LogP contribution < -0.4 is 0 Å². The van der Waals surface area contributed by atoms with Gasteiger partial charge in [0.2, 0.25) is 0 Å². The maximum atomic E-state index is 13.7. The summed E-state index contributed by atoms with van der Waals surface area (Å²) in [4.78, 5) is 32.6. The van der Waals surface area contributed by atoms with Gasteiger partial charge in [0, 0.05) is 69.6 Å². The van der Waals surface area contributed by atoms with E-state index in [2.05, 4.69) is 17.0 Å². The molecule has 12 heteroatoms. The van der Waals surface area contributed by atoms with E-state index >= 15 is 0 Å². The van der Waals surface area contributed by atoms with Gasteiger partial charge in [-0.3, -0.25) is 9.69 Å². The van der Waals surface area contributed by atoms with Gasteiger partial charge in [-0.2, -0.15) is 26.3 Å². The van der Waals surface area contributed by atoms with Crippen molar-refractivity contribution in [3.05, 3.63) is 107 Å². The zero-order chi connectivity index (χ0) is 34.1. The highest BCUT2D eigenvalue weighted by Crippen LogP contribution is 2.39. The summed E-state index contributed by atoms with van der Waals surface area (Å²) in [5.74, 6) is -0.909. The molecule has 3 saturated heterocycles. The quantitative estimate of drug-likeness (QED) is 0.251. The van der Waals surface area contributed by atoms with Gasteiger partial charge >= 0.3 is 18.4 Å². The highest BCUT2D eigenvalue weighted by atomic mass is 19.4. The van der Waals surface area contributed by atoms with Crippen LogP contribution in [0, 0.1) is 0 Å². The molecule has 0 bridgehead atoms. The third-order valence-electron chi connectivity index (χ3n) is 9.90. The molecule has 3 aromatic carbocycles. The van der Waals surface area contributed by atoms with Crippen LogP contribution in [0.3, 0.4) is 0 Å². The number of nitrogens with zero attached hydrogens (tertiary/aromatic N) is 3. The number of carbonyl (C=O) groups is 2. The molecule has 256 valence electrons. The third kappa shape index (κ3) is 7.64. The van der Waals surface area contributed by atoms with E-state index < -0.39 is 52.7 Å². The first-order valence-corrected chi connectivity index (χ1v) is 16.2. The van der Waals surface area contributed by atoms with Crippen LogP contribution in [0.25, 0.3) is 0 Å². The number of piperidine rings is 2. The molecular formula is C36H37F6N3O3. The number of hydrogen-bond donors (Lipinski definition) is 0. The molecule has 0 N–H and O–H groups in total. The van der Waals surface area contributed by atoms with Crippen molar-refractivity contribution in [3.8, 4) is 0 Å². The van der Waals surface area contributed by atoms with Crippen molar-refractivity contribution >= 4 is 12.0 Å². The number of ether oxygens (including phenoxy) is 1. The van der Waals surface area contributed by atoms with Crippen molar-refractivity contribution in [2.75, 3.05) is 26.2 Å². The number of rotatable bonds is 6. The van der Waals surface area contributed by atoms with Crippen LogP contribution in [0.15, 0.2) is 78.9 Å². The Balaban J connectivity index is 1.16. The molecule has 0 saturated carbocycles. The number of carbonyl (C=O) groups excluding carboxylic acids is 2. The van der Waals surface area contributed by atoms with E-state index in [9.17, 15) is 35.9 Å². The average molecular weight is 674 g/mol. The second-order valence-corrected chi connectivity index (χ2v) is 13.1. The van der Waals surface area contributed by atoms with Crippen molar-refractivity contribution in [2.45, 2.75) is 75.1 Å². The number of hydrogen-bond acceptors (Lipinski definition) is 4. The molecule has 2 atom stereocenters. The molecule has 48 heavy (non-hydrogen) atoms. The smallest absolute Gasteiger partial charge is 0.416 e. The maximum absolute atomic E-state index is 13.7. The first-order valence-electron chi connectivity index (χ1n) is 16.2. The SMILES string of the molecule is O=C1OC2(CCN(Cc3ccccc3)CC2)CCN1C1CCN(C(=O)c2cc(C(F)(F)F)cc(C(F)(F)F)c2)C(Cc2ccccc2)C1. The fourth-order valence-corrected chi connectivity index (χ4v) is 7.26. The number of alkyl halides is 6. The molecule has 6 nitrogen and oxygen atoms in total. The van der Waals surface area contributed by atoms with Gasteiger partial charge in [-0.15, -0.1) is 0 Å². The van der Waals surface area contributed by atoms with Gasteiger partial charge in [-0.1, -0.05) is 60.7 Å². The Morgan fingerprint density at radius 2 is 1.33 bits per heavy atom. The third-order valence-corrected chi connectivity index (χ3v) is 9.90. The van der Waals surface area contributed by atoms with Crippen molar-refractivity contribution in [3.63, 3.8) is 0 Å². The maximum Gasteiger partial charge on any atom is 0.416 e. The fraction of sp³-hybridized carbons (Fsp3) is 0.444. The summed E-state index contributed by atoms with van der Waals surface area (Å²) in [7, 11) is 0. The van der Waals surface area contributed by atoms with Crippen molar-refractivity contribution in [2.24, 2.45) is 0 Å². The molecule has 2 unspecified atom stereocenters. The van der Waals surface area contributed by atoms with Gasteiger partial charge in [0.05, 0.1) is 11.1 Å². The molecule has 3 heterocycles. The summed E-state index contributed by atoms with van der Waals surface area (Å²) in [5, 5.41) is 0. The summed E-state index contributed by atoms with van der Waals surface area (Å²) in [6.07, 6.45) is -7.53. The molecule has 2 amide bonds. The van der Waals surface area contributed by atoms with E-state index in [0.717, 1.165) is 38.0 Å². The summed E-state index contributed by atoms with van der Waals surface area (Å²) >= 11 is 0. The lowest BCUT2D eigenvalue weighted by Gasteiger charge is -2.49. The Morgan fingerprint density at radius 3 is 1.90 bits per heavy atom. The number of halogens is 6.